The number of aliphatic hydroxyl groups excluding tert-OH is 1. The zero-order valence-corrected chi connectivity index (χ0v) is 14.5. The molecule has 5 nitrogen and oxygen atoms in total. The van der Waals surface area contributed by atoms with Crippen molar-refractivity contribution in [3.63, 3.8) is 0 Å². The second-order valence-electron chi connectivity index (χ2n) is 7.04. The molecule has 1 fully saturated rings. The fourth-order valence-corrected chi connectivity index (χ4v) is 3.80. The van der Waals surface area contributed by atoms with Gasteiger partial charge in [0.1, 0.15) is 0 Å². The van der Waals surface area contributed by atoms with E-state index in [4.69, 9.17) is 0 Å². The smallest absolute Gasteiger partial charge is 0.315 e. The molecule has 1 saturated heterocycles. The lowest BCUT2D eigenvalue weighted by atomic mass is 10.0. The number of carbonyl (C=O) groups is 1. The van der Waals surface area contributed by atoms with Crippen molar-refractivity contribution in [1.82, 2.24) is 15.5 Å². The lowest BCUT2D eigenvalue weighted by Crippen LogP contribution is -2.49. The number of unbranched alkanes of at least 4 members (excludes halogenated alkanes) is 1. The van der Waals surface area contributed by atoms with Crippen LogP contribution in [0.15, 0.2) is 24.3 Å². The minimum absolute atomic E-state index is 0.164. The van der Waals surface area contributed by atoms with Crippen LogP contribution in [0.4, 0.5) is 4.79 Å². The molecular weight excluding hydrogens is 302 g/mol. The largest absolute Gasteiger partial charge is 0.390 e. The minimum Gasteiger partial charge on any atom is -0.390 e. The van der Waals surface area contributed by atoms with Crippen molar-refractivity contribution in [2.24, 2.45) is 0 Å². The third-order valence-corrected chi connectivity index (χ3v) is 5.24. The normalized spacial score (nSPS) is 24.6. The third kappa shape index (κ3) is 4.08. The number of rotatable bonds is 5. The van der Waals surface area contributed by atoms with Crippen LogP contribution >= 0.6 is 0 Å². The molecule has 5 heteroatoms. The van der Waals surface area contributed by atoms with Gasteiger partial charge in [-0.3, -0.25) is 0 Å². The van der Waals surface area contributed by atoms with E-state index in [1.807, 2.05) is 24.3 Å². The summed E-state index contributed by atoms with van der Waals surface area (Å²) in [4.78, 5) is 14.8. The Morgan fingerprint density at radius 3 is 2.75 bits per heavy atom. The first-order valence-electron chi connectivity index (χ1n) is 9.22. The molecule has 2 aliphatic rings. The van der Waals surface area contributed by atoms with Crippen molar-refractivity contribution in [3.8, 4) is 0 Å². The van der Waals surface area contributed by atoms with E-state index in [0.29, 0.717) is 6.42 Å². The van der Waals surface area contributed by atoms with Crippen LogP contribution < -0.4 is 10.6 Å². The molecule has 3 N–H and O–H groups in total. The number of piperidine rings is 1. The molecular formula is C19H29N3O2. The molecule has 132 valence electrons. The molecule has 24 heavy (non-hydrogen) atoms. The second-order valence-corrected chi connectivity index (χ2v) is 7.04. The minimum atomic E-state index is -0.538. The van der Waals surface area contributed by atoms with E-state index in [9.17, 15) is 9.90 Å². The topological polar surface area (TPSA) is 64.6 Å². The van der Waals surface area contributed by atoms with Crippen molar-refractivity contribution in [2.45, 2.75) is 57.2 Å². The van der Waals surface area contributed by atoms with Crippen LogP contribution in [0.1, 0.15) is 49.8 Å². The van der Waals surface area contributed by atoms with Gasteiger partial charge in [0.15, 0.2) is 0 Å². The molecule has 0 bridgehead atoms. The molecule has 1 aromatic rings. The summed E-state index contributed by atoms with van der Waals surface area (Å²) in [6.07, 6.45) is 4.55. The molecule has 0 aromatic heterocycles. The van der Waals surface area contributed by atoms with E-state index in [2.05, 4.69) is 22.5 Å². The Hall–Kier alpha value is -1.59. The molecule has 0 spiro atoms. The first-order valence-corrected chi connectivity index (χ1v) is 9.22. The number of amides is 2. The Bertz CT molecular complexity index is 555. The van der Waals surface area contributed by atoms with Crippen molar-refractivity contribution >= 4 is 6.03 Å². The lowest BCUT2D eigenvalue weighted by Gasteiger charge is -2.32. The Labute approximate surface area is 144 Å². The van der Waals surface area contributed by atoms with Gasteiger partial charge in [0.05, 0.1) is 12.1 Å². The van der Waals surface area contributed by atoms with Crippen molar-refractivity contribution < 1.29 is 9.90 Å². The number of hydrogen-bond donors (Lipinski definition) is 3. The number of fused-ring (bicyclic) bond motifs is 1. The van der Waals surface area contributed by atoms with Crippen LogP contribution in [0.25, 0.3) is 0 Å². The fraction of sp³-hybridized carbons (Fsp3) is 0.632. The summed E-state index contributed by atoms with van der Waals surface area (Å²) in [5.41, 5.74) is 2.16. The molecule has 0 radical (unpaired) electrons. The Balaban J connectivity index is 1.47. The Morgan fingerprint density at radius 1 is 1.25 bits per heavy atom. The predicted octanol–water partition coefficient (Wildman–Crippen LogP) is 2.21. The molecule has 1 aliphatic carbocycles. The summed E-state index contributed by atoms with van der Waals surface area (Å²) in [7, 11) is 0. The summed E-state index contributed by atoms with van der Waals surface area (Å²) in [5.74, 6) is 0. The first-order chi connectivity index (χ1) is 11.7. The van der Waals surface area contributed by atoms with Gasteiger partial charge in [-0.2, -0.15) is 0 Å². The SMILES string of the molecule is CCCCN1CCC(NC(=O)N[C@@H]2c3ccccc3C[C@@H]2O)CC1. The highest BCUT2D eigenvalue weighted by molar-refractivity contribution is 5.75. The predicted molar refractivity (Wildman–Crippen MR) is 94.9 cm³/mol. The number of urea groups is 1. The quantitative estimate of drug-likeness (QED) is 0.775. The average molecular weight is 331 g/mol. The average Bonchev–Trinajstić information content (AvgIpc) is 2.90. The van der Waals surface area contributed by atoms with Crippen molar-refractivity contribution in [2.75, 3.05) is 19.6 Å². The zero-order chi connectivity index (χ0) is 16.9. The lowest BCUT2D eigenvalue weighted by molar-refractivity contribution is 0.140. The molecule has 1 heterocycles. The van der Waals surface area contributed by atoms with Crippen molar-refractivity contribution in [3.05, 3.63) is 35.4 Å². The Kier molecular flexibility index (Phi) is 5.74. The van der Waals surface area contributed by atoms with Crippen LogP contribution in [0.2, 0.25) is 0 Å². The van der Waals surface area contributed by atoms with E-state index < -0.39 is 6.10 Å². The van der Waals surface area contributed by atoms with Gasteiger partial charge < -0.3 is 20.6 Å². The summed E-state index contributed by atoms with van der Waals surface area (Å²) in [6, 6.07) is 7.70. The zero-order valence-electron chi connectivity index (χ0n) is 14.5. The van der Waals surface area contributed by atoms with E-state index >= 15 is 0 Å². The van der Waals surface area contributed by atoms with Gasteiger partial charge in [-0.25, -0.2) is 4.79 Å². The molecule has 1 aromatic carbocycles. The number of likely N-dealkylation sites (tertiary alicyclic amines) is 1. The summed E-state index contributed by atoms with van der Waals surface area (Å²) < 4.78 is 0. The second kappa shape index (κ2) is 7.99. The highest BCUT2D eigenvalue weighted by Gasteiger charge is 2.32. The van der Waals surface area contributed by atoms with Gasteiger partial charge in [0.25, 0.3) is 0 Å². The maximum atomic E-state index is 12.3. The van der Waals surface area contributed by atoms with Crippen LogP contribution in [0, 0.1) is 0 Å². The number of nitrogens with one attached hydrogen (secondary N) is 2. The first kappa shape index (κ1) is 17.2. The Morgan fingerprint density at radius 2 is 2.00 bits per heavy atom. The van der Waals surface area contributed by atoms with Gasteiger partial charge in [-0.15, -0.1) is 0 Å². The molecule has 2 amide bonds. The number of benzene rings is 1. The molecule has 1 aliphatic heterocycles. The molecule has 0 unspecified atom stereocenters. The fourth-order valence-electron chi connectivity index (χ4n) is 3.80. The summed E-state index contributed by atoms with van der Waals surface area (Å²) in [6.45, 7) is 5.49. The maximum Gasteiger partial charge on any atom is 0.315 e. The monoisotopic (exact) mass is 331 g/mol. The number of aliphatic hydroxyl groups is 1. The third-order valence-electron chi connectivity index (χ3n) is 5.24. The highest BCUT2D eigenvalue weighted by atomic mass is 16.3. The van der Waals surface area contributed by atoms with Gasteiger partial charge >= 0.3 is 6.03 Å². The molecule has 0 saturated carbocycles. The van der Waals surface area contributed by atoms with Gasteiger partial charge in [-0.1, -0.05) is 37.6 Å². The van der Waals surface area contributed by atoms with E-state index in [-0.39, 0.29) is 18.1 Å². The van der Waals surface area contributed by atoms with Crippen molar-refractivity contribution in [1.29, 1.82) is 0 Å². The van der Waals surface area contributed by atoms with E-state index in [1.165, 1.54) is 19.4 Å². The number of nitrogens with zero attached hydrogens (tertiary/aromatic N) is 1. The van der Waals surface area contributed by atoms with Crippen LogP contribution in [0.3, 0.4) is 0 Å². The van der Waals surface area contributed by atoms with Crippen LogP contribution in [-0.2, 0) is 6.42 Å². The highest BCUT2D eigenvalue weighted by Crippen LogP contribution is 2.31. The van der Waals surface area contributed by atoms with Crippen LogP contribution in [-0.4, -0.2) is 47.8 Å². The maximum absolute atomic E-state index is 12.3. The van der Waals surface area contributed by atoms with Gasteiger partial charge in [0, 0.05) is 25.6 Å². The van der Waals surface area contributed by atoms with Gasteiger partial charge in [-0.05, 0) is 36.9 Å². The standard InChI is InChI=1S/C19H29N3O2/c1-2-3-10-22-11-8-15(9-12-22)20-19(24)21-18-16-7-5-4-6-14(16)13-17(18)23/h4-7,15,17-18,23H,2-3,8-13H2,1H3,(H2,20,21,24)/t17-,18+/m0/s1. The van der Waals surface area contributed by atoms with Crippen LogP contribution in [0.5, 0.6) is 0 Å². The van der Waals surface area contributed by atoms with E-state index in [0.717, 1.165) is 37.1 Å². The molecule has 3 rings (SSSR count). The van der Waals surface area contributed by atoms with Gasteiger partial charge in [0.2, 0.25) is 0 Å². The number of carbonyl (C=O) groups excluding carboxylic acids is 1. The van der Waals surface area contributed by atoms with E-state index in [1.54, 1.807) is 0 Å². The molecule has 2 atom stereocenters. The number of hydrogen-bond acceptors (Lipinski definition) is 3. The summed E-state index contributed by atoms with van der Waals surface area (Å²) >= 11 is 0. The summed E-state index contributed by atoms with van der Waals surface area (Å²) in [5, 5.41) is 16.3.